The zero-order valence-electron chi connectivity index (χ0n) is 10.9. The van der Waals surface area contributed by atoms with Crippen LogP contribution in [-0.4, -0.2) is 13.6 Å². The summed E-state index contributed by atoms with van der Waals surface area (Å²) in [4.78, 5) is 0. The normalized spacial score (nSPS) is 18.2. The first-order valence-electron chi connectivity index (χ1n) is 6.79. The Labute approximate surface area is 120 Å². The van der Waals surface area contributed by atoms with E-state index in [4.69, 9.17) is 23.2 Å². The van der Waals surface area contributed by atoms with Gasteiger partial charge < -0.3 is 5.32 Å². The minimum absolute atomic E-state index is 0.645. The number of hydrogen-bond donors (Lipinski definition) is 1. The average Bonchev–Trinajstić information content (AvgIpc) is 2.87. The number of nitrogens with one attached hydrogen (secondary N) is 1. The lowest BCUT2D eigenvalue weighted by Gasteiger charge is -2.23. The SMILES string of the molecule is CNCC(Cc1ccc(Cl)c(Cl)c1)C1CCCC1. The van der Waals surface area contributed by atoms with Crippen molar-refractivity contribution in [2.24, 2.45) is 11.8 Å². The lowest BCUT2D eigenvalue weighted by Crippen LogP contribution is -2.26. The van der Waals surface area contributed by atoms with E-state index in [1.165, 1.54) is 31.2 Å². The first-order chi connectivity index (χ1) is 8.70. The molecule has 1 aliphatic carbocycles. The third kappa shape index (κ3) is 3.63. The molecule has 1 nitrogen and oxygen atoms in total. The summed E-state index contributed by atoms with van der Waals surface area (Å²) in [5.74, 6) is 1.58. The number of benzene rings is 1. The molecule has 1 saturated carbocycles. The Morgan fingerprint density at radius 1 is 1.22 bits per heavy atom. The molecule has 1 aromatic carbocycles. The lowest BCUT2D eigenvalue weighted by atomic mass is 9.85. The Bertz CT molecular complexity index is 386. The summed E-state index contributed by atoms with van der Waals surface area (Å²) in [5, 5.41) is 4.65. The molecular weight excluding hydrogens is 265 g/mol. The van der Waals surface area contributed by atoms with E-state index >= 15 is 0 Å². The molecular formula is C15H21Cl2N. The van der Waals surface area contributed by atoms with Crippen molar-refractivity contribution in [3.8, 4) is 0 Å². The number of hydrogen-bond acceptors (Lipinski definition) is 1. The first-order valence-corrected chi connectivity index (χ1v) is 7.55. The van der Waals surface area contributed by atoms with Crippen LogP contribution in [0.3, 0.4) is 0 Å². The van der Waals surface area contributed by atoms with Crippen molar-refractivity contribution in [1.29, 1.82) is 0 Å². The van der Waals surface area contributed by atoms with Gasteiger partial charge in [0.15, 0.2) is 0 Å². The van der Waals surface area contributed by atoms with Crippen molar-refractivity contribution in [1.82, 2.24) is 5.32 Å². The van der Waals surface area contributed by atoms with Crippen molar-refractivity contribution in [2.45, 2.75) is 32.1 Å². The van der Waals surface area contributed by atoms with E-state index < -0.39 is 0 Å². The van der Waals surface area contributed by atoms with Crippen molar-refractivity contribution >= 4 is 23.2 Å². The van der Waals surface area contributed by atoms with Crippen LogP contribution in [0, 0.1) is 11.8 Å². The van der Waals surface area contributed by atoms with Gasteiger partial charge in [0, 0.05) is 0 Å². The molecule has 0 heterocycles. The van der Waals surface area contributed by atoms with Crippen LogP contribution in [0.4, 0.5) is 0 Å². The van der Waals surface area contributed by atoms with Gasteiger partial charge in [0.25, 0.3) is 0 Å². The van der Waals surface area contributed by atoms with Gasteiger partial charge in [-0.15, -0.1) is 0 Å². The van der Waals surface area contributed by atoms with Crippen LogP contribution in [0.5, 0.6) is 0 Å². The molecule has 1 N–H and O–H groups in total. The van der Waals surface area contributed by atoms with E-state index in [2.05, 4.69) is 11.4 Å². The van der Waals surface area contributed by atoms with Gasteiger partial charge in [0.2, 0.25) is 0 Å². The van der Waals surface area contributed by atoms with E-state index in [0.29, 0.717) is 10.0 Å². The van der Waals surface area contributed by atoms with Crippen LogP contribution >= 0.6 is 23.2 Å². The summed E-state index contributed by atoms with van der Waals surface area (Å²) >= 11 is 12.0. The largest absolute Gasteiger partial charge is 0.319 e. The first kappa shape index (κ1) is 14.2. The van der Waals surface area contributed by atoms with Gasteiger partial charge in [-0.05, 0) is 49.5 Å². The highest BCUT2D eigenvalue weighted by atomic mass is 35.5. The molecule has 1 fully saturated rings. The molecule has 100 valence electrons. The monoisotopic (exact) mass is 285 g/mol. The zero-order chi connectivity index (χ0) is 13.0. The van der Waals surface area contributed by atoms with Crippen molar-refractivity contribution in [3.05, 3.63) is 33.8 Å². The van der Waals surface area contributed by atoms with E-state index in [1.807, 2.05) is 19.2 Å². The highest BCUT2D eigenvalue weighted by Crippen LogP contribution is 2.33. The van der Waals surface area contributed by atoms with Gasteiger partial charge in [-0.2, -0.15) is 0 Å². The summed E-state index contributed by atoms with van der Waals surface area (Å²) in [7, 11) is 2.04. The van der Waals surface area contributed by atoms with Crippen molar-refractivity contribution in [3.63, 3.8) is 0 Å². The third-order valence-electron chi connectivity index (χ3n) is 4.01. The van der Waals surface area contributed by atoms with Crippen LogP contribution in [-0.2, 0) is 6.42 Å². The summed E-state index contributed by atoms with van der Waals surface area (Å²) in [5.41, 5.74) is 1.30. The molecule has 0 amide bonds. The van der Waals surface area contributed by atoms with Crippen LogP contribution < -0.4 is 5.32 Å². The fourth-order valence-electron chi connectivity index (χ4n) is 3.07. The maximum absolute atomic E-state index is 6.09. The molecule has 0 saturated heterocycles. The highest BCUT2D eigenvalue weighted by molar-refractivity contribution is 6.42. The summed E-state index contributed by atoms with van der Waals surface area (Å²) in [6.07, 6.45) is 6.66. The molecule has 0 radical (unpaired) electrons. The molecule has 18 heavy (non-hydrogen) atoms. The number of rotatable bonds is 5. The molecule has 1 atom stereocenters. The maximum atomic E-state index is 6.09. The second-order valence-corrected chi connectivity index (χ2v) is 6.13. The Morgan fingerprint density at radius 2 is 1.94 bits per heavy atom. The molecule has 0 spiro atoms. The Kier molecular flexibility index (Phi) is 5.35. The Balaban J connectivity index is 2.04. The van der Waals surface area contributed by atoms with Crippen LogP contribution in [0.1, 0.15) is 31.2 Å². The number of halogens is 2. The fraction of sp³-hybridized carbons (Fsp3) is 0.600. The lowest BCUT2D eigenvalue weighted by molar-refractivity contribution is 0.328. The summed E-state index contributed by atoms with van der Waals surface area (Å²) in [6, 6.07) is 6.03. The average molecular weight is 286 g/mol. The molecule has 0 aromatic heterocycles. The minimum atomic E-state index is 0.645. The molecule has 2 rings (SSSR count). The molecule has 1 aliphatic rings. The Hall–Kier alpha value is -0.240. The van der Waals surface area contributed by atoms with E-state index in [9.17, 15) is 0 Å². The van der Waals surface area contributed by atoms with Crippen LogP contribution in [0.25, 0.3) is 0 Å². The third-order valence-corrected chi connectivity index (χ3v) is 4.75. The maximum Gasteiger partial charge on any atom is 0.0595 e. The van der Waals surface area contributed by atoms with Crippen molar-refractivity contribution < 1.29 is 0 Å². The second kappa shape index (κ2) is 6.79. The fourth-order valence-corrected chi connectivity index (χ4v) is 3.39. The van der Waals surface area contributed by atoms with Gasteiger partial charge in [-0.3, -0.25) is 0 Å². The van der Waals surface area contributed by atoms with Gasteiger partial charge in [0.1, 0.15) is 0 Å². The quantitative estimate of drug-likeness (QED) is 0.836. The predicted molar refractivity (Wildman–Crippen MR) is 79.5 cm³/mol. The van der Waals surface area contributed by atoms with Gasteiger partial charge in [-0.25, -0.2) is 0 Å². The summed E-state index contributed by atoms with van der Waals surface area (Å²) < 4.78 is 0. The van der Waals surface area contributed by atoms with E-state index in [1.54, 1.807) is 0 Å². The molecule has 1 unspecified atom stereocenters. The van der Waals surface area contributed by atoms with Gasteiger partial charge in [0.05, 0.1) is 10.0 Å². The molecule has 3 heteroatoms. The van der Waals surface area contributed by atoms with Gasteiger partial charge in [-0.1, -0.05) is 55.0 Å². The molecule has 0 aliphatic heterocycles. The Morgan fingerprint density at radius 3 is 2.56 bits per heavy atom. The molecule has 1 aromatic rings. The summed E-state index contributed by atoms with van der Waals surface area (Å²) in [6.45, 7) is 1.09. The predicted octanol–water partition coefficient (Wildman–Crippen LogP) is 4.56. The van der Waals surface area contributed by atoms with Crippen molar-refractivity contribution in [2.75, 3.05) is 13.6 Å². The minimum Gasteiger partial charge on any atom is -0.319 e. The molecule has 0 bridgehead atoms. The smallest absolute Gasteiger partial charge is 0.0595 e. The standard InChI is InChI=1S/C15H21Cl2N/c1-18-10-13(12-4-2-3-5-12)8-11-6-7-14(16)15(17)9-11/h6-7,9,12-13,18H,2-5,8,10H2,1H3. The highest BCUT2D eigenvalue weighted by Gasteiger charge is 2.24. The second-order valence-electron chi connectivity index (χ2n) is 5.31. The zero-order valence-corrected chi connectivity index (χ0v) is 12.4. The van der Waals surface area contributed by atoms with Gasteiger partial charge >= 0.3 is 0 Å². The van der Waals surface area contributed by atoms with Crippen LogP contribution in [0.2, 0.25) is 10.0 Å². The van der Waals surface area contributed by atoms with E-state index in [0.717, 1.165) is 24.8 Å². The van der Waals surface area contributed by atoms with E-state index in [-0.39, 0.29) is 0 Å². The van der Waals surface area contributed by atoms with Crippen LogP contribution in [0.15, 0.2) is 18.2 Å². The topological polar surface area (TPSA) is 12.0 Å².